The van der Waals surface area contributed by atoms with Crippen LogP contribution >= 0.6 is 11.6 Å². The molecular formula is C22H13ClF2N2O3. The number of aromatic nitrogens is 1. The van der Waals surface area contributed by atoms with Gasteiger partial charge in [-0.15, -0.1) is 0 Å². The second-order valence-electron chi connectivity index (χ2n) is 6.56. The van der Waals surface area contributed by atoms with E-state index in [-0.39, 0.29) is 16.8 Å². The van der Waals surface area contributed by atoms with Crippen molar-refractivity contribution in [3.8, 4) is 0 Å². The van der Waals surface area contributed by atoms with Gasteiger partial charge in [0.1, 0.15) is 17.4 Å². The van der Waals surface area contributed by atoms with E-state index in [2.05, 4.69) is 4.98 Å². The van der Waals surface area contributed by atoms with Crippen molar-refractivity contribution < 1.29 is 23.5 Å². The lowest BCUT2D eigenvalue weighted by Crippen LogP contribution is -2.30. The lowest BCUT2D eigenvalue weighted by atomic mass is 9.96. The van der Waals surface area contributed by atoms with E-state index in [1.165, 1.54) is 36.7 Å². The van der Waals surface area contributed by atoms with Gasteiger partial charge in [-0.25, -0.2) is 8.78 Å². The number of aliphatic hydroxyl groups excluding tert-OH is 1. The van der Waals surface area contributed by atoms with Crippen LogP contribution < -0.4 is 4.90 Å². The Morgan fingerprint density at radius 2 is 1.80 bits per heavy atom. The summed E-state index contributed by atoms with van der Waals surface area (Å²) in [6.45, 7) is 0. The van der Waals surface area contributed by atoms with Crippen molar-refractivity contribution >= 4 is 34.7 Å². The Hall–Kier alpha value is -3.58. The molecule has 0 spiro atoms. The van der Waals surface area contributed by atoms with Crippen LogP contribution in [0, 0.1) is 11.6 Å². The predicted octanol–water partition coefficient (Wildman–Crippen LogP) is 4.64. The molecule has 1 aliphatic heterocycles. The van der Waals surface area contributed by atoms with Crippen molar-refractivity contribution in [2.75, 3.05) is 4.90 Å². The van der Waals surface area contributed by atoms with Gasteiger partial charge in [0.2, 0.25) is 0 Å². The van der Waals surface area contributed by atoms with Crippen LogP contribution in [0.1, 0.15) is 17.2 Å². The van der Waals surface area contributed by atoms with E-state index in [1.807, 2.05) is 0 Å². The van der Waals surface area contributed by atoms with Crippen molar-refractivity contribution in [2.24, 2.45) is 0 Å². The molecule has 0 saturated carbocycles. The first-order chi connectivity index (χ1) is 14.4. The van der Waals surface area contributed by atoms with Crippen LogP contribution in [0.5, 0.6) is 0 Å². The van der Waals surface area contributed by atoms with Crippen LogP contribution in [0.25, 0.3) is 5.76 Å². The third-order valence-electron chi connectivity index (χ3n) is 4.73. The summed E-state index contributed by atoms with van der Waals surface area (Å²) < 4.78 is 27.9. The predicted molar refractivity (Wildman–Crippen MR) is 107 cm³/mol. The summed E-state index contributed by atoms with van der Waals surface area (Å²) in [5, 5.41) is 11.3. The number of benzene rings is 2. The largest absolute Gasteiger partial charge is 0.507 e. The molecule has 1 atom stereocenters. The van der Waals surface area contributed by atoms with Crippen LogP contribution in [-0.4, -0.2) is 21.8 Å². The highest BCUT2D eigenvalue weighted by Gasteiger charge is 2.47. The summed E-state index contributed by atoms with van der Waals surface area (Å²) in [7, 11) is 0. The standard InChI is InChI=1S/C22H13ClF2N2O3/c23-14-5-3-12(4-6-14)20(28)18-19(13-2-1-9-26-11-13)27(22(30)21(18)29)17-8-7-15(24)10-16(17)25/h1-11,19,28H/b20-18+. The number of carbonyl (C=O) groups excluding carboxylic acids is 2. The molecule has 2 heterocycles. The molecule has 30 heavy (non-hydrogen) atoms. The Bertz CT molecular complexity index is 1180. The summed E-state index contributed by atoms with van der Waals surface area (Å²) in [6, 6.07) is 10.7. The topological polar surface area (TPSA) is 70.5 Å². The van der Waals surface area contributed by atoms with E-state index in [1.54, 1.807) is 12.1 Å². The highest BCUT2D eigenvalue weighted by atomic mass is 35.5. The fourth-order valence-electron chi connectivity index (χ4n) is 3.37. The smallest absolute Gasteiger partial charge is 0.300 e. The zero-order chi connectivity index (χ0) is 21.4. The lowest BCUT2D eigenvalue weighted by molar-refractivity contribution is -0.132. The second-order valence-corrected chi connectivity index (χ2v) is 6.99. The molecule has 5 nitrogen and oxygen atoms in total. The van der Waals surface area contributed by atoms with Gasteiger partial charge in [0.25, 0.3) is 11.7 Å². The number of pyridine rings is 1. The summed E-state index contributed by atoms with van der Waals surface area (Å²) >= 11 is 5.88. The first-order valence-corrected chi connectivity index (χ1v) is 9.18. The first kappa shape index (κ1) is 19.7. The molecule has 1 N–H and O–H groups in total. The molecule has 2 aromatic carbocycles. The van der Waals surface area contributed by atoms with Crippen LogP contribution in [0.4, 0.5) is 14.5 Å². The van der Waals surface area contributed by atoms with Gasteiger partial charge in [-0.05, 0) is 48.0 Å². The molecule has 150 valence electrons. The first-order valence-electron chi connectivity index (χ1n) is 8.80. The number of amides is 1. The minimum atomic E-state index is -1.16. The molecule has 1 aromatic heterocycles. The Labute approximate surface area is 174 Å². The van der Waals surface area contributed by atoms with Crippen molar-refractivity contribution in [2.45, 2.75) is 6.04 Å². The Morgan fingerprint density at radius 1 is 1.07 bits per heavy atom. The van der Waals surface area contributed by atoms with Gasteiger partial charge in [0.15, 0.2) is 0 Å². The van der Waals surface area contributed by atoms with Gasteiger partial charge in [-0.3, -0.25) is 19.5 Å². The highest BCUT2D eigenvalue weighted by molar-refractivity contribution is 6.51. The van der Waals surface area contributed by atoms with E-state index >= 15 is 0 Å². The van der Waals surface area contributed by atoms with Crippen molar-refractivity contribution in [1.82, 2.24) is 4.98 Å². The van der Waals surface area contributed by atoms with Crippen LogP contribution in [0.2, 0.25) is 5.02 Å². The minimum Gasteiger partial charge on any atom is -0.507 e. The molecule has 0 aliphatic carbocycles. The number of anilines is 1. The van der Waals surface area contributed by atoms with Gasteiger partial charge in [0, 0.05) is 29.0 Å². The molecule has 3 aromatic rings. The van der Waals surface area contributed by atoms with E-state index in [0.29, 0.717) is 16.7 Å². The summed E-state index contributed by atoms with van der Waals surface area (Å²) in [6.07, 6.45) is 2.90. The quantitative estimate of drug-likeness (QED) is 0.376. The van der Waals surface area contributed by atoms with Gasteiger partial charge < -0.3 is 5.11 Å². The molecule has 1 aliphatic rings. The van der Waals surface area contributed by atoms with E-state index in [4.69, 9.17) is 11.6 Å². The average molecular weight is 427 g/mol. The Balaban J connectivity index is 1.96. The van der Waals surface area contributed by atoms with Crippen LogP contribution in [0.15, 0.2) is 72.6 Å². The number of hydrogen-bond donors (Lipinski definition) is 1. The molecule has 1 saturated heterocycles. The number of halogens is 3. The average Bonchev–Trinajstić information content (AvgIpc) is 3.00. The van der Waals surface area contributed by atoms with Crippen LogP contribution in [0.3, 0.4) is 0 Å². The van der Waals surface area contributed by atoms with Gasteiger partial charge >= 0.3 is 0 Å². The molecular weight excluding hydrogens is 414 g/mol. The number of aliphatic hydroxyl groups is 1. The molecule has 1 amide bonds. The van der Waals surface area contributed by atoms with Gasteiger partial charge in [-0.2, -0.15) is 0 Å². The zero-order valence-electron chi connectivity index (χ0n) is 15.2. The van der Waals surface area contributed by atoms with Gasteiger partial charge in [0.05, 0.1) is 17.3 Å². The maximum absolute atomic E-state index is 14.5. The zero-order valence-corrected chi connectivity index (χ0v) is 16.0. The molecule has 8 heteroatoms. The molecule has 0 bridgehead atoms. The van der Waals surface area contributed by atoms with Crippen molar-refractivity contribution in [3.63, 3.8) is 0 Å². The fourth-order valence-corrected chi connectivity index (χ4v) is 3.50. The fraction of sp³-hybridized carbons (Fsp3) is 0.0455. The number of Topliss-reactive ketones (excluding diaryl/α,β-unsaturated/α-hetero) is 1. The normalized spacial score (nSPS) is 18.1. The SMILES string of the molecule is O=C1C(=O)N(c2ccc(F)cc2F)C(c2cccnc2)/C1=C(\O)c1ccc(Cl)cc1. The third kappa shape index (κ3) is 3.33. The Kier molecular flexibility index (Phi) is 5.05. The van der Waals surface area contributed by atoms with Crippen molar-refractivity contribution in [3.05, 3.63) is 100 Å². The third-order valence-corrected chi connectivity index (χ3v) is 4.98. The van der Waals surface area contributed by atoms with Gasteiger partial charge in [-0.1, -0.05) is 17.7 Å². The van der Waals surface area contributed by atoms with E-state index in [9.17, 15) is 23.5 Å². The number of rotatable bonds is 3. The summed E-state index contributed by atoms with van der Waals surface area (Å²) in [5.41, 5.74) is 0.100. The maximum atomic E-state index is 14.5. The molecule has 4 rings (SSSR count). The number of hydrogen-bond acceptors (Lipinski definition) is 4. The highest BCUT2D eigenvalue weighted by Crippen LogP contribution is 2.42. The minimum absolute atomic E-state index is 0.237. The molecule has 1 fully saturated rings. The van der Waals surface area contributed by atoms with Crippen molar-refractivity contribution in [1.29, 1.82) is 0 Å². The summed E-state index contributed by atoms with van der Waals surface area (Å²) in [4.78, 5) is 30.6. The van der Waals surface area contributed by atoms with E-state index in [0.717, 1.165) is 17.0 Å². The lowest BCUT2D eigenvalue weighted by Gasteiger charge is -2.25. The number of ketones is 1. The van der Waals surface area contributed by atoms with E-state index < -0.39 is 35.1 Å². The number of carbonyl (C=O) groups is 2. The Morgan fingerprint density at radius 3 is 2.43 bits per heavy atom. The number of nitrogens with zero attached hydrogens (tertiary/aromatic N) is 2. The molecule has 0 radical (unpaired) electrons. The summed E-state index contributed by atoms with van der Waals surface area (Å²) in [5.74, 6) is -4.34. The maximum Gasteiger partial charge on any atom is 0.300 e. The van der Waals surface area contributed by atoms with Crippen LogP contribution in [-0.2, 0) is 9.59 Å². The molecule has 1 unspecified atom stereocenters. The monoisotopic (exact) mass is 426 g/mol. The second kappa shape index (κ2) is 7.68.